The van der Waals surface area contributed by atoms with E-state index in [-0.39, 0.29) is 23.4 Å². The van der Waals surface area contributed by atoms with Crippen LogP contribution in [-0.4, -0.2) is 27.4 Å². The van der Waals surface area contributed by atoms with Gasteiger partial charge < -0.3 is 14.4 Å². The van der Waals surface area contributed by atoms with Crippen LogP contribution in [0.5, 0.6) is 5.75 Å². The van der Waals surface area contributed by atoms with Gasteiger partial charge in [-0.05, 0) is 37.1 Å². The first-order valence-corrected chi connectivity index (χ1v) is 7.26. The minimum Gasteiger partial charge on any atom is -0.505 e. The van der Waals surface area contributed by atoms with E-state index < -0.39 is 0 Å². The van der Waals surface area contributed by atoms with Crippen LogP contribution in [0.1, 0.15) is 48.0 Å². The first-order valence-electron chi connectivity index (χ1n) is 7.26. The van der Waals surface area contributed by atoms with Crippen LogP contribution >= 0.6 is 0 Å². The molecule has 1 atom stereocenters. The van der Waals surface area contributed by atoms with Crippen molar-refractivity contribution < 1.29 is 14.3 Å². The van der Waals surface area contributed by atoms with Gasteiger partial charge in [-0.15, -0.1) is 0 Å². The second-order valence-corrected chi connectivity index (χ2v) is 5.25. The van der Waals surface area contributed by atoms with Crippen molar-refractivity contribution in [2.24, 2.45) is 0 Å². The molecule has 0 spiro atoms. The van der Waals surface area contributed by atoms with Crippen LogP contribution in [0.25, 0.3) is 0 Å². The van der Waals surface area contributed by atoms with Gasteiger partial charge in [0.1, 0.15) is 11.5 Å². The Morgan fingerprint density at radius 1 is 1.29 bits per heavy atom. The van der Waals surface area contributed by atoms with Crippen LogP contribution in [0.2, 0.25) is 0 Å². The molecule has 1 fully saturated rings. The van der Waals surface area contributed by atoms with Gasteiger partial charge in [-0.3, -0.25) is 4.79 Å². The smallest absolute Gasteiger partial charge is 0.276 e. The van der Waals surface area contributed by atoms with Crippen LogP contribution in [0.15, 0.2) is 41.1 Å². The summed E-state index contributed by atoms with van der Waals surface area (Å²) >= 11 is 0. The second kappa shape index (κ2) is 5.99. The highest BCUT2D eigenvalue weighted by Gasteiger charge is 2.31. The highest BCUT2D eigenvalue weighted by molar-refractivity contribution is 5.95. The average Bonchev–Trinajstić information content (AvgIpc) is 2.91. The maximum Gasteiger partial charge on any atom is 0.276 e. The van der Waals surface area contributed by atoms with Gasteiger partial charge in [0.25, 0.3) is 5.91 Å². The average molecular weight is 286 g/mol. The summed E-state index contributed by atoms with van der Waals surface area (Å²) in [7, 11) is 0. The zero-order valence-electron chi connectivity index (χ0n) is 11.7. The third-order valence-corrected chi connectivity index (χ3v) is 3.87. The van der Waals surface area contributed by atoms with Gasteiger partial charge in [0.15, 0.2) is 5.69 Å². The van der Waals surface area contributed by atoms with Crippen LogP contribution in [0.4, 0.5) is 0 Å². The fourth-order valence-corrected chi connectivity index (χ4v) is 2.83. The number of aromatic nitrogens is 1. The highest BCUT2D eigenvalue weighted by atomic mass is 16.3. The standard InChI is InChI=1S/C16H18N2O3/c19-13-7-4-9-17-15(13)16(20)18-10-3-1-2-6-12(18)14-8-5-11-21-14/h4-5,7-9,11-12,19H,1-3,6,10H2. The lowest BCUT2D eigenvalue weighted by Crippen LogP contribution is -2.35. The summed E-state index contributed by atoms with van der Waals surface area (Å²) < 4.78 is 5.50. The van der Waals surface area contributed by atoms with E-state index >= 15 is 0 Å². The maximum absolute atomic E-state index is 12.7. The van der Waals surface area contributed by atoms with Crippen molar-refractivity contribution in [2.45, 2.75) is 31.7 Å². The van der Waals surface area contributed by atoms with Crippen LogP contribution < -0.4 is 0 Å². The zero-order chi connectivity index (χ0) is 14.7. The summed E-state index contributed by atoms with van der Waals surface area (Å²) in [5, 5.41) is 9.87. The minimum atomic E-state index is -0.239. The molecule has 5 nitrogen and oxygen atoms in total. The predicted octanol–water partition coefficient (Wildman–Crippen LogP) is 3.14. The molecule has 0 aliphatic carbocycles. The van der Waals surface area contributed by atoms with E-state index in [2.05, 4.69) is 4.98 Å². The van der Waals surface area contributed by atoms with E-state index in [0.29, 0.717) is 6.54 Å². The number of carbonyl (C=O) groups is 1. The minimum absolute atomic E-state index is 0.0788. The van der Waals surface area contributed by atoms with Crippen molar-refractivity contribution in [3.05, 3.63) is 48.2 Å². The number of likely N-dealkylation sites (tertiary alicyclic amines) is 1. The number of nitrogens with zero attached hydrogens (tertiary/aromatic N) is 2. The van der Waals surface area contributed by atoms with E-state index in [1.165, 1.54) is 12.3 Å². The summed E-state index contributed by atoms with van der Waals surface area (Å²) in [5.74, 6) is 0.474. The van der Waals surface area contributed by atoms with Crippen molar-refractivity contribution in [2.75, 3.05) is 6.54 Å². The summed E-state index contributed by atoms with van der Waals surface area (Å²) in [6, 6.07) is 6.74. The number of aromatic hydroxyl groups is 1. The Balaban J connectivity index is 1.93. The number of amides is 1. The Hall–Kier alpha value is -2.30. The molecule has 1 amide bonds. The Morgan fingerprint density at radius 3 is 2.95 bits per heavy atom. The molecule has 3 heterocycles. The van der Waals surface area contributed by atoms with Crippen molar-refractivity contribution in [3.63, 3.8) is 0 Å². The molecule has 0 bridgehead atoms. The zero-order valence-corrected chi connectivity index (χ0v) is 11.7. The van der Waals surface area contributed by atoms with E-state index in [0.717, 1.165) is 31.4 Å². The molecule has 110 valence electrons. The molecule has 1 saturated heterocycles. The van der Waals surface area contributed by atoms with Crippen molar-refractivity contribution in [1.82, 2.24) is 9.88 Å². The molecule has 3 rings (SSSR count). The molecule has 1 unspecified atom stereocenters. The summed E-state index contributed by atoms with van der Waals surface area (Å²) in [5.41, 5.74) is 0.107. The molecule has 2 aromatic rings. The van der Waals surface area contributed by atoms with E-state index in [9.17, 15) is 9.90 Å². The normalized spacial score (nSPS) is 19.2. The number of rotatable bonds is 2. The van der Waals surface area contributed by atoms with Gasteiger partial charge in [0.2, 0.25) is 0 Å². The van der Waals surface area contributed by atoms with E-state index in [1.807, 2.05) is 12.1 Å². The number of carbonyl (C=O) groups excluding carboxylic acids is 1. The third-order valence-electron chi connectivity index (χ3n) is 3.87. The van der Waals surface area contributed by atoms with Crippen LogP contribution in [-0.2, 0) is 0 Å². The molecule has 0 aromatic carbocycles. The van der Waals surface area contributed by atoms with Gasteiger partial charge in [0.05, 0.1) is 12.3 Å². The van der Waals surface area contributed by atoms with E-state index in [4.69, 9.17) is 4.42 Å². The fraction of sp³-hybridized carbons (Fsp3) is 0.375. The maximum atomic E-state index is 12.7. The van der Waals surface area contributed by atoms with Gasteiger partial charge in [-0.2, -0.15) is 0 Å². The molecular formula is C16H18N2O3. The van der Waals surface area contributed by atoms with Gasteiger partial charge in [-0.1, -0.05) is 12.8 Å². The van der Waals surface area contributed by atoms with Crippen molar-refractivity contribution in [3.8, 4) is 5.75 Å². The summed E-state index contributed by atoms with van der Waals surface area (Å²) in [4.78, 5) is 18.5. The van der Waals surface area contributed by atoms with Gasteiger partial charge in [0, 0.05) is 12.7 Å². The Kier molecular flexibility index (Phi) is 3.90. The molecule has 21 heavy (non-hydrogen) atoms. The fourth-order valence-electron chi connectivity index (χ4n) is 2.83. The molecule has 1 aliphatic rings. The van der Waals surface area contributed by atoms with E-state index in [1.54, 1.807) is 17.2 Å². The molecule has 1 aliphatic heterocycles. The Bertz CT molecular complexity index is 610. The number of hydrogen-bond acceptors (Lipinski definition) is 4. The molecule has 0 radical (unpaired) electrons. The van der Waals surface area contributed by atoms with Crippen LogP contribution in [0.3, 0.4) is 0 Å². The number of hydrogen-bond donors (Lipinski definition) is 1. The lowest BCUT2D eigenvalue weighted by atomic mass is 10.1. The van der Waals surface area contributed by atoms with Crippen molar-refractivity contribution >= 4 is 5.91 Å². The molecule has 1 N–H and O–H groups in total. The first kappa shape index (κ1) is 13.7. The molecule has 5 heteroatoms. The number of furan rings is 1. The first-order chi connectivity index (χ1) is 10.3. The summed E-state index contributed by atoms with van der Waals surface area (Å²) in [6.07, 6.45) is 7.12. The second-order valence-electron chi connectivity index (χ2n) is 5.25. The predicted molar refractivity (Wildman–Crippen MR) is 76.9 cm³/mol. The Labute approximate surface area is 123 Å². The third kappa shape index (κ3) is 2.77. The SMILES string of the molecule is O=C(c1ncccc1O)N1CCCCCC1c1ccco1. The Morgan fingerprint density at radius 2 is 2.19 bits per heavy atom. The van der Waals surface area contributed by atoms with Gasteiger partial charge >= 0.3 is 0 Å². The monoisotopic (exact) mass is 286 g/mol. The highest BCUT2D eigenvalue weighted by Crippen LogP contribution is 2.32. The van der Waals surface area contributed by atoms with Crippen molar-refractivity contribution in [1.29, 1.82) is 0 Å². The quantitative estimate of drug-likeness (QED) is 0.921. The lowest BCUT2D eigenvalue weighted by Gasteiger charge is -2.28. The topological polar surface area (TPSA) is 66.6 Å². The lowest BCUT2D eigenvalue weighted by molar-refractivity contribution is 0.0649. The van der Waals surface area contributed by atoms with Gasteiger partial charge in [-0.25, -0.2) is 4.98 Å². The number of pyridine rings is 1. The molecule has 0 saturated carbocycles. The van der Waals surface area contributed by atoms with Crippen LogP contribution in [0, 0.1) is 0 Å². The summed E-state index contributed by atoms with van der Waals surface area (Å²) in [6.45, 7) is 0.653. The molecular weight excluding hydrogens is 268 g/mol. The molecule has 2 aromatic heterocycles. The largest absolute Gasteiger partial charge is 0.505 e.